The van der Waals surface area contributed by atoms with Crippen molar-refractivity contribution in [2.75, 3.05) is 18.6 Å². The number of methoxy groups -OCH3 is 1. The zero-order valence-electron chi connectivity index (χ0n) is 13.8. The molecule has 0 aromatic heterocycles. The Morgan fingerprint density at radius 2 is 2.12 bits per heavy atom. The fourth-order valence-corrected chi connectivity index (χ4v) is 4.01. The summed E-state index contributed by atoms with van der Waals surface area (Å²) in [6.45, 7) is 1.03. The fraction of sp³-hybridized carbons (Fsp3) is 0.389. The number of carbonyl (C=O) groups excluding carboxylic acids is 3. The van der Waals surface area contributed by atoms with Crippen LogP contribution in [0.2, 0.25) is 0 Å². The Morgan fingerprint density at radius 3 is 2.76 bits per heavy atom. The molecule has 2 amide bonds. The van der Waals surface area contributed by atoms with Crippen molar-refractivity contribution in [3.63, 3.8) is 0 Å². The van der Waals surface area contributed by atoms with Crippen molar-refractivity contribution in [1.29, 1.82) is 0 Å². The third-order valence-electron chi connectivity index (χ3n) is 5.23. The van der Waals surface area contributed by atoms with Gasteiger partial charge in [-0.15, -0.1) is 0 Å². The molecule has 7 heteroatoms. The number of aliphatic hydroxyl groups excluding tert-OH is 1. The minimum Gasteiger partial charge on any atom is -0.495 e. The first-order valence-electron chi connectivity index (χ1n) is 7.98. The molecule has 1 aromatic rings. The van der Waals surface area contributed by atoms with Crippen molar-refractivity contribution in [2.24, 2.45) is 11.8 Å². The van der Waals surface area contributed by atoms with Crippen LogP contribution < -0.4 is 9.64 Å². The van der Waals surface area contributed by atoms with Gasteiger partial charge in [-0.2, -0.15) is 0 Å². The van der Waals surface area contributed by atoms with Crippen molar-refractivity contribution in [3.8, 4) is 5.75 Å². The molecular weight excluding hydrogens is 326 g/mol. The highest BCUT2D eigenvalue weighted by Crippen LogP contribution is 2.53. The lowest BCUT2D eigenvalue weighted by atomic mass is 9.77. The van der Waals surface area contributed by atoms with Crippen LogP contribution in [-0.2, 0) is 14.3 Å². The van der Waals surface area contributed by atoms with Crippen molar-refractivity contribution in [2.45, 2.75) is 18.6 Å². The van der Waals surface area contributed by atoms with Crippen LogP contribution in [-0.4, -0.2) is 48.1 Å². The van der Waals surface area contributed by atoms with Crippen LogP contribution in [0.1, 0.15) is 17.3 Å². The summed E-state index contributed by atoms with van der Waals surface area (Å²) in [6, 6.07) is 4.63. The Bertz CT molecular complexity index is 831. The van der Waals surface area contributed by atoms with Gasteiger partial charge in [0, 0.05) is 5.56 Å². The van der Waals surface area contributed by atoms with Gasteiger partial charge in [-0.25, -0.2) is 4.90 Å². The third-order valence-corrected chi connectivity index (χ3v) is 5.23. The number of nitrogens with zero attached hydrogens (tertiary/aromatic N) is 1. The van der Waals surface area contributed by atoms with E-state index in [-0.39, 0.29) is 18.1 Å². The zero-order valence-corrected chi connectivity index (χ0v) is 13.8. The first-order chi connectivity index (χ1) is 11.9. The topological polar surface area (TPSA) is 93.1 Å². The summed E-state index contributed by atoms with van der Waals surface area (Å²) in [4.78, 5) is 38.8. The van der Waals surface area contributed by atoms with E-state index in [1.165, 1.54) is 20.1 Å². The molecule has 3 aliphatic heterocycles. The lowest BCUT2D eigenvalue weighted by molar-refractivity contribution is -0.128. The van der Waals surface area contributed by atoms with Gasteiger partial charge in [0.1, 0.15) is 11.4 Å². The molecule has 2 saturated heterocycles. The molecule has 130 valence electrons. The summed E-state index contributed by atoms with van der Waals surface area (Å²) in [5.74, 6) is -2.15. The number of Topliss-reactive ketones (excluding diaryl/α,β-unsaturated/α-hetero) is 1. The second-order valence-electron chi connectivity index (χ2n) is 6.51. The molecule has 0 saturated carbocycles. The van der Waals surface area contributed by atoms with E-state index in [0.29, 0.717) is 11.3 Å². The number of ketones is 1. The van der Waals surface area contributed by atoms with Crippen LogP contribution in [0.4, 0.5) is 5.69 Å². The van der Waals surface area contributed by atoms with Gasteiger partial charge in [0.25, 0.3) is 0 Å². The van der Waals surface area contributed by atoms with E-state index in [0.717, 1.165) is 4.90 Å². The molecule has 4 atom stereocenters. The summed E-state index contributed by atoms with van der Waals surface area (Å²) < 4.78 is 11.0. The average molecular weight is 343 g/mol. The number of benzene rings is 1. The smallest absolute Gasteiger partial charge is 0.241 e. The van der Waals surface area contributed by atoms with E-state index >= 15 is 0 Å². The number of hydrogen-bond acceptors (Lipinski definition) is 6. The highest BCUT2D eigenvalue weighted by atomic mass is 16.5. The van der Waals surface area contributed by atoms with Crippen LogP contribution in [0.5, 0.6) is 5.75 Å². The van der Waals surface area contributed by atoms with Crippen LogP contribution in [0.3, 0.4) is 0 Å². The number of ether oxygens (including phenoxy) is 2. The van der Waals surface area contributed by atoms with Gasteiger partial charge in [-0.3, -0.25) is 14.4 Å². The molecule has 25 heavy (non-hydrogen) atoms. The predicted octanol–water partition coefficient (Wildman–Crippen LogP) is 0.703. The van der Waals surface area contributed by atoms with E-state index in [4.69, 9.17) is 9.47 Å². The van der Waals surface area contributed by atoms with Gasteiger partial charge in [0.15, 0.2) is 5.78 Å². The number of rotatable bonds is 4. The van der Waals surface area contributed by atoms with Gasteiger partial charge in [-0.05, 0) is 25.1 Å². The minimum absolute atomic E-state index is 0.180. The molecule has 7 nitrogen and oxygen atoms in total. The minimum atomic E-state index is -1.15. The van der Waals surface area contributed by atoms with Crippen LogP contribution in [0.25, 0.3) is 0 Å². The number of carbonyl (C=O) groups is 3. The normalized spacial score (nSPS) is 32.4. The second-order valence-corrected chi connectivity index (χ2v) is 6.51. The lowest BCUT2D eigenvalue weighted by Gasteiger charge is -2.26. The second kappa shape index (κ2) is 5.24. The third kappa shape index (κ3) is 1.96. The molecule has 1 N–H and O–H groups in total. The van der Waals surface area contributed by atoms with Crippen LogP contribution in [0, 0.1) is 11.8 Å². The highest BCUT2D eigenvalue weighted by Gasteiger charge is 2.67. The largest absolute Gasteiger partial charge is 0.495 e. The van der Waals surface area contributed by atoms with Crippen LogP contribution >= 0.6 is 0 Å². The number of imide groups is 1. The molecule has 2 bridgehead atoms. The van der Waals surface area contributed by atoms with E-state index in [2.05, 4.69) is 0 Å². The average Bonchev–Trinajstić information content (AvgIpc) is 3.25. The van der Waals surface area contributed by atoms with E-state index in [1.54, 1.807) is 24.3 Å². The Hall–Kier alpha value is -2.51. The van der Waals surface area contributed by atoms with Gasteiger partial charge in [-0.1, -0.05) is 12.2 Å². The number of fused-ring (bicyclic) bond motifs is 5. The zero-order chi connectivity index (χ0) is 17.9. The monoisotopic (exact) mass is 343 g/mol. The van der Waals surface area contributed by atoms with Gasteiger partial charge < -0.3 is 14.6 Å². The SMILES string of the molecule is COc1ccc(C(C)=O)cc1N1C(=O)[C@H]2[C@@H]3C=C[C@](CO)(O3)[C@@H]2C1=O. The van der Waals surface area contributed by atoms with E-state index < -0.39 is 35.4 Å². The number of anilines is 1. The van der Waals surface area contributed by atoms with Crippen molar-refractivity contribution >= 4 is 23.3 Å². The summed E-state index contributed by atoms with van der Waals surface area (Å²) >= 11 is 0. The van der Waals surface area contributed by atoms with E-state index in [1.807, 2.05) is 0 Å². The maximum absolute atomic E-state index is 13.0. The van der Waals surface area contributed by atoms with Crippen molar-refractivity contribution in [3.05, 3.63) is 35.9 Å². The molecule has 0 aliphatic carbocycles. The predicted molar refractivity (Wildman–Crippen MR) is 86.3 cm³/mol. The summed E-state index contributed by atoms with van der Waals surface area (Å²) in [6.07, 6.45) is 2.85. The van der Waals surface area contributed by atoms with Gasteiger partial charge in [0.05, 0.1) is 37.3 Å². The Kier molecular flexibility index (Phi) is 3.35. The molecule has 3 heterocycles. The standard InChI is InChI=1S/C18H17NO6/c1-9(21)10-3-4-12(24-2)11(7-10)19-16(22)14-13-5-6-18(8-20,25-13)15(14)17(19)23/h3-7,13-15,20H,8H2,1-2H3/t13-,14-,15-,18+/m0/s1. The van der Waals surface area contributed by atoms with E-state index in [9.17, 15) is 19.5 Å². The lowest BCUT2D eigenvalue weighted by Crippen LogP contribution is -2.43. The molecular formula is C18H17NO6. The Morgan fingerprint density at radius 1 is 1.36 bits per heavy atom. The number of aliphatic hydroxyl groups is 1. The number of amides is 2. The Labute approximate surface area is 143 Å². The molecule has 4 rings (SSSR count). The van der Waals surface area contributed by atoms with Crippen molar-refractivity contribution in [1.82, 2.24) is 0 Å². The Balaban J connectivity index is 1.81. The molecule has 1 aromatic carbocycles. The molecule has 3 aliphatic rings. The summed E-state index contributed by atoms with van der Waals surface area (Å²) in [5.41, 5.74) is -0.530. The van der Waals surface area contributed by atoms with Crippen molar-refractivity contribution < 1.29 is 29.0 Å². The van der Waals surface area contributed by atoms with Gasteiger partial charge in [0.2, 0.25) is 11.8 Å². The first kappa shape index (κ1) is 16.0. The summed E-state index contributed by atoms with van der Waals surface area (Å²) in [7, 11) is 1.43. The summed E-state index contributed by atoms with van der Waals surface area (Å²) in [5, 5.41) is 9.74. The molecule has 2 fully saturated rings. The fourth-order valence-electron chi connectivity index (χ4n) is 4.01. The quantitative estimate of drug-likeness (QED) is 0.491. The first-order valence-corrected chi connectivity index (χ1v) is 7.98. The van der Waals surface area contributed by atoms with Crippen LogP contribution in [0.15, 0.2) is 30.4 Å². The maximum Gasteiger partial charge on any atom is 0.241 e. The molecule has 0 unspecified atom stereocenters. The molecule has 0 radical (unpaired) electrons. The highest BCUT2D eigenvalue weighted by molar-refractivity contribution is 6.24. The number of hydrogen-bond donors (Lipinski definition) is 1. The van der Waals surface area contributed by atoms with Gasteiger partial charge >= 0.3 is 0 Å². The molecule has 0 spiro atoms. The maximum atomic E-state index is 13.0.